The Labute approximate surface area is 102 Å². The molecular formula is C14H31NO. The first kappa shape index (κ1) is 15.9. The molecule has 0 fully saturated rings. The van der Waals surface area contributed by atoms with Crippen LogP contribution in [0.4, 0.5) is 0 Å². The Balaban J connectivity index is 3.46. The summed E-state index contributed by atoms with van der Waals surface area (Å²) in [6.45, 7) is 15.4. The average Bonchev–Trinajstić information content (AvgIpc) is 2.10. The van der Waals surface area contributed by atoms with Crippen molar-refractivity contribution in [3.8, 4) is 0 Å². The summed E-state index contributed by atoms with van der Waals surface area (Å²) in [5.74, 6) is 1.50. The van der Waals surface area contributed by atoms with Crippen LogP contribution in [0.2, 0.25) is 0 Å². The highest BCUT2D eigenvalue weighted by Crippen LogP contribution is 2.09. The third-order valence-electron chi connectivity index (χ3n) is 2.60. The maximum atomic E-state index is 5.91. The number of rotatable bonds is 9. The highest BCUT2D eigenvalue weighted by Gasteiger charge is 2.09. The van der Waals surface area contributed by atoms with Crippen LogP contribution >= 0.6 is 0 Å². The zero-order valence-corrected chi connectivity index (χ0v) is 12.0. The van der Waals surface area contributed by atoms with E-state index < -0.39 is 0 Å². The van der Waals surface area contributed by atoms with E-state index in [4.69, 9.17) is 4.74 Å². The Bertz CT molecular complexity index is 157. The molecule has 98 valence electrons. The van der Waals surface area contributed by atoms with E-state index in [1.807, 2.05) is 0 Å². The molecule has 0 aromatic rings. The van der Waals surface area contributed by atoms with Gasteiger partial charge in [0.2, 0.25) is 0 Å². The molecule has 0 radical (unpaired) electrons. The fourth-order valence-corrected chi connectivity index (χ4v) is 1.86. The number of hydrogen-bond acceptors (Lipinski definition) is 2. The summed E-state index contributed by atoms with van der Waals surface area (Å²) < 4.78 is 5.91. The Morgan fingerprint density at radius 3 is 2.00 bits per heavy atom. The van der Waals surface area contributed by atoms with E-state index in [2.05, 4.69) is 46.9 Å². The van der Waals surface area contributed by atoms with E-state index in [1.54, 1.807) is 0 Å². The van der Waals surface area contributed by atoms with Gasteiger partial charge in [0.1, 0.15) is 0 Å². The number of hydrogen-bond donors (Lipinski definition) is 1. The van der Waals surface area contributed by atoms with Crippen LogP contribution < -0.4 is 5.32 Å². The van der Waals surface area contributed by atoms with Crippen LogP contribution in [0.25, 0.3) is 0 Å². The maximum Gasteiger partial charge on any atom is 0.0674 e. The highest BCUT2D eigenvalue weighted by atomic mass is 16.5. The molecule has 0 spiro atoms. The van der Waals surface area contributed by atoms with Gasteiger partial charge in [-0.25, -0.2) is 0 Å². The van der Waals surface area contributed by atoms with Gasteiger partial charge in [0.15, 0.2) is 0 Å². The molecule has 0 heterocycles. The van der Waals surface area contributed by atoms with Crippen molar-refractivity contribution < 1.29 is 4.74 Å². The largest absolute Gasteiger partial charge is 0.374 e. The van der Waals surface area contributed by atoms with Crippen molar-refractivity contribution in [1.82, 2.24) is 5.32 Å². The Hall–Kier alpha value is -0.0800. The topological polar surface area (TPSA) is 21.3 Å². The predicted octanol–water partition coefficient (Wildman–Crippen LogP) is 3.46. The lowest BCUT2D eigenvalue weighted by Crippen LogP contribution is -2.31. The summed E-state index contributed by atoms with van der Waals surface area (Å²) in [4.78, 5) is 0. The lowest BCUT2D eigenvalue weighted by Gasteiger charge is -2.21. The quantitative estimate of drug-likeness (QED) is 0.611. The smallest absolute Gasteiger partial charge is 0.0674 e. The molecule has 0 aliphatic carbocycles. The molecule has 2 nitrogen and oxygen atoms in total. The first-order valence-corrected chi connectivity index (χ1v) is 6.78. The normalized spacial score (nSPS) is 15.8. The minimum Gasteiger partial charge on any atom is -0.374 e. The molecule has 0 rings (SSSR count). The summed E-state index contributed by atoms with van der Waals surface area (Å²) in [6.07, 6.45) is 3.09. The summed E-state index contributed by atoms with van der Waals surface area (Å²) >= 11 is 0. The summed E-state index contributed by atoms with van der Waals surface area (Å²) in [6, 6.07) is 0. The van der Waals surface area contributed by atoms with Crippen LogP contribution in [-0.4, -0.2) is 25.3 Å². The van der Waals surface area contributed by atoms with E-state index in [9.17, 15) is 0 Å². The van der Waals surface area contributed by atoms with Crippen molar-refractivity contribution in [2.75, 3.05) is 13.1 Å². The predicted molar refractivity (Wildman–Crippen MR) is 71.8 cm³/mol. The van der Waals surface area contributed by atoms with Crippen LogP contribution in [0.15, 0.2) is 0 Å². The van der Waals surface area contributed by atoms with E-state index in [0.29, 0.717) is 12.2 Å². The van der Waals surface area contributed by atoms with Crippen LogP contribution in [0.5, 0.6) is 0 Å². The third-order valence-corrected chi connectivity index (χ3v) is 2.60. The van der Waals surface area contributed by atoms with E-state index in [-0.39, 0.29) is 0 Å². The minimum absolute atomic E-state index is 0.320. The van der Waals surface area contributed by atoms with Gasteiger partial charge in [0.05, 0.1) is 12.2 Å². The summed E-state index contributed by atoms with van der Waals surface area (Å²) in [7, 11) is 0. The second-order valence-electron chi connectivity index (χ2n) is 5.77. The van der Waals surface area contributed by atoms with Crippen molar-refractivity contribution in [3.05, 3.63) is 0 Å². The standard InChI is InChI=1S/C14H31NO/c1-11(2)7-8-15-10-14(6)16-13(5)9-12(3)4/h11-15H,7-10H2,1-6H3. The molecule has 0 saturated carbocycles. The summed E-state index contributed by atoms with van der Waals surface area (Å²) in [5, 5.41) is 3.45. The first-order valence-electron chi connectivity index (χ1n) is 6.78. The van der Waals surface area contributed by atoms with Gasteiger partial charge in [0.25, 0.3) is 0 Å². The fourth-order valence-electron chi connectivity index (χ4n) is 1.86. The van der Waals surface area contributed by atoms with Crippen LogP contribution in [0.3, 0.4) is 0 Å². The van der Waals surface area contributed by atoms with Gasteiger partial charge in [0, 0.05) is 6.54 Å². The Morgan fingerprint density at radius 1 is 0.875 bits per heavy atom. The molecule has 0 aromatic heterocycles. The van der Waals surface area contributed by atoms with Crippen LogP contribution in [-0.2, 0) is 4.74 Å². The lowest BCUT2D eigenvalue weighted by atomic mass is 10.1. The lowest BCUT2D eigenvalue weighted by molar-refractivity contribution is -0.00106. The highest BCUT2D eigenvalue weighted by molar-refractivity contribution is 4.61. The van der Waals surface area contributed by atoms with Crippen molar-refractivity contribution in [1.29, 1.82) is 0 Å². The molecule has 2 unspecified atom stereocenters. The molecule has 1 N–H and O–H groups in total. The molecule has 0 amide bonds. The molecule has 0 aromatic carbocycles. The fraction of sp³-hybridized carbons (Fsp3) is 1.00. The SMILES string of the molecule is CC(C)CCNCC(C)OC(C)CC(C)C. The monoisotopic (exact) mass is 229 g/mol. The van der Waals surface area contributed by atoms with Crippen molar-refractivity contribution in [2.45, 2.75) is 66.6 Å². The van der Waals surface area contributed by atoms with Gasteiger partial charge in [-0.15, -0.1) is 0 Å². The van der Waals surface area contributed by atoms with Gasteiger partial charge in [-0.2, -0.15) is 0 Å². The summed E-state index contributed by atoms with van der Waals surface area (Å²) in [5.41, 5.74) is 0. The first-order chi connectivity index (χ1) is 7.41. The number of ether oxygens (including phenoxy) is 1. The zero-order valence-electron chi connectivity index (χ0n) is 12.0. The van der Waals surface area contributed by atoms with Gasteiger partial charge in [-0.3, -0.25) is 0 Å². The van der Waals surface area contributed by atoms with Crippen LogP contribution in [0.1, 0.15) is 54.4 Å². The molecule has 0 aliphatic heterocycles. The van der Waals surface area contributed by atoms with Crippen molar-refractivity contribution in [2.24, 2.45) is 11.8 Å². The Morgan fingerprint density at radius 2 is 1.50 bits per heavy atom. The molecule has 16 heavy (non-hydrogen) atoms. The van der Waals surface area contributed by atoms with E-state index >= 15 is 0 Å². The molecule has 0 bridgehead atoms. The molecule has 0 saturated heterocycles. The van der Waals surface area contributed by atoms with Gasteiger partial charge >= 0.3 is 0 Å². The van der Waals surface area contributed by atoms with Gasteiger partial charge in [-0.05, 0) is 45.1 Å². The second kappa shape index (κ2) is 9.00. The zero-order chi connectivity index (χ0) is 12.6. The second-order valence-corrected chi connectivity index (χ2v) is 5.77. The molecule has 2 atom stereocenters. The van der Waals surface area contributed by atoms with Gasteiger partial charge < -0.3 is 10.1 Å². The molecule has 0 aliphatic rings. The third kappa shape index (κ3) is 10.4. The molecule has 2 heteroatoms. The van der Waals surface area contributed by atoms with E-state index in [0.717, 1.165) is 31.3 Å². The minimum atomic E-state index is 0.320. The Kier molecular flexibility index (Phi) is 8.96. The van der Waals surface area contributed by atoms with Crippen molar-refractivity contribution in [3.63, 3.8) is 0 Å². The maximum absolute atomic E-state index is 5.91. The van der Waals surface area contributed by atoms with Crippen molar-refractivity contribution >= 4 is 0 Å². The number of nitrogens with one attached hydrogen (secondary N) is 1. The molecular weight excluding hydrogens is 198 g/mol. The van der Waals surface area contributed by atoms with Crippen LogP contribution in [0, 0.1) is 11.8 Å². The average molecular weight is 229 g/mol. The van der Waals surface area contributed by atoms with Gasteiger partial charge in [-0.1, -0.05) is 27.7 Å². The van der Waals surface area contributed by atoms with E-state index in [1.165, 1.54) is 6.42 Å².